The molecule has 2 rings (SSSR count). The lowest BCUT2D eigenvalue weighted by molar-refractivity contribution is 0.303. The van der Waals surface area contributed by atoms with Crippen LogP contribution in [0.2, 0.25) is 0 Å². The van der Waals surface area contributed by atoms with Crippen molar-refractivity contribution in [2.75, 3.05) is 11.9 Å². The van der Waals surface area contributed by atoms with Gasteiger partial charge in [-0.15, -0.1) is 0 Å². The lowest BCUT2D eigenvalue weighted by Crippen LogP contribution is -2.24. The number of nitrogens with one attached hydrogen (secondary N) is 1. The van der Waals surface area contributed by atoms with Crippen molar-refractivity contribution < 1.29 is 9.13 Å². The van der Waals surface area contributed by atoms with E-state index in [-0.39, 0.29) is 6.04 Å². The van der Waals surface area contributed by atoms with Crippen LogP contribution >= 0.6 is 0 Å². The van der Waals surface area contributed by atoms with Gasteiger partial charge in [0, 0.05) is 0 Å². The van der Waals surface area contributed by atoms with E-state index in [4.69, 9.17) is 10.00 Å². The van der Waals surface area contributed by atoms with E-state index in [9.17, 15) is 4.39 Å². The van der Waals surface area contributed by atoms with Crippen LogP contribution in [0.4, 0.5) is 10.1 Å². The third kappa shape index (κ3) is 4.22. The van der Waals surface area contributed by atoms with Crippen LogP contribution in [-0.2, 0) is 0 Å². The summed E-state index contributed by atoms with van der Waals surface area (Å²) < 4.78 is 19.4. The van der Waals surface area contributed by atoms with E-state index in [1.807, 2.05) is 44.2 Å². The Hall–Kier alpha value is -2.54. The average Bonchev–Trinajstić information content (AvgIpc) is 2.48. The number of rotatable bonds is 5. The summed E-state index contributed by atoms with van der Waals surface area (Å²) in [7, 11) is 0. The van der Waals surface area contributed by atoms with Crippen molar-refractivity contribution in [3.63, 3.8) is 0 Å². The van der Waals surface area contributed by atoms with Gasteiger partial charge < -0.3 is 10.1 Å². The highest BCUT2D eigenvalue weighted by Crippen LogP contribution is 2.17. The van der Waals surface area contributed by atoms with E-state index < -0.39 is 5.82 Å². The Morgan fingerprint density at radius 2 is 1.95 bits per heavy atom. The summed E-state index contributed by atoms with van der Waals surface area (Å²) in [6, 6.07) is 14.0. The molecule has 108 valence electrons. The maximum atomic E-state index is 13.8. The Morgan fingerprint density at radius 3 is 2.57 bits per heavy atom. The molecule has 0 aromatic heterocycles. The van der Waals surface area contributed by atoms with Crippen LogP contribution in [0.15, 0.2) is 42.5 Å². The molecule has 3 nitrogen and oxygen atoms in total. The van der Waals surface area contributed by atoms with Crippen molar-refractivity contribution in [1.82, 2.24) is 0 Å². The molecule has 0 saturated heterocycles. The van der Waals surface area contributed by atoms with Crippen LogP contribution in [0.1, 0.15) is 18.1 Å². The molecule has 0 radical (unpaired) electrons. The topological polar surface area (TPSA) is 45.0 Å². The lowest BCUT2D eigenvalue weighted by Gasteiger charge is -2.17. The van der Waals surface area contributed by atoms with Gasteiger partial charge in [0.05, 0.1) is 23.4 Å². The number of hydrogen-bond donors (Lipinski definition) is 1. The fraction of sp³-hybridized carbons (Fsp3) is 0.235. The molecule has 0 heterocycles. The number of nitriles is 1. The van der Waals surface area contributed by atoms with Gasteiger partial charge in [-0.3, -0.25) is 0 Å². The number of halogens is 1. The molecule has 0 fully saturated rings. The van der Waals surface area contributed by atoms with Crippen LogP contribution in [-0.4, -0.2) is 12.6 Å². The summed E-state index contributed by atoms with van der Waals surface area (Å²) in [5.41, 5.74) is 1.85. The highest BCUT2D eigenvalue weighted by atomic mass is 19.1. The van der Waals surface area contributed by atoms with Crippen molar-refractivity contribution in [1.29, 1.82) is 5.26 Å². The zero-order chi connectivity index (χ0) is 15.2. The highest BCUT2D eigenvalue weighted by Gasteiger charge is 2.08. The predicted octanol–water partition coefficient (Wildman–Crippen LogP) is 3.89. The fourth-order valence-corrected chi connectivity index (χ4v) is 1.86. The Balaban J connectivity index is 1.91. The van der Waals surface area contributed by atoms with E-state index >= 15 is 0 Å². The van der Waals surface area contributed by atoms with Crippen LogP contribution < -0.4 is 10.1 Å². The third-order valence-electron chi connectivity index (χ3n) is 3.02. The average molecular weight is 284 g/mol. The molecule has 0 aliphatic heterocycles. The van der Waals surface area contributed by atoms with Crippen LogP contribution in [0.5, 0.6) is 5.75 Å². The van der Waals surface area contributed by atoms with Gasteiger partial charge in [-0.25, -0.2) is 4.39 Å². The van der Waals surface area contributed by atoms with Gasteiger partial charge in [0.2, 0.25) is 0 Å². The molecule has 0 aliphatic rings. The first-order valence-electron chi connectivity index (χ1n) is 6.74. The first-order chi connectivity index (χ1) is 10.1. The molecule has 0 aliphatic carbocycles. The number of benzene rings is 2. The second-order valence-electron chi connectivity index (χ2n) is 4.98. The monoisotopic (exact) mass is 284 g/mol. The van der Waals surface area contributed by atoms with E-state index in [1.54, 1.807) is 12.1 Å². The number of aryl methyl sites for hydroxylation is 1. The maximum absolute atomic E-state index is 13.8. The van der Waals surface area contributed by atoms with Gasteiger partial charge in [-0.05, 0) is 44.2 Å². The van der Waals surface area contributed by atoms with Gasteiger partial charge >= 0.3 is 0 Å². The minimum absolute atomic E-state index is 0.0614. The second kappa shape index (κ2) is 6.76. The van der Waals surface area contributed by atoms with Gasteiger partial charge in [-0.1, -0.05) is 17.7 Å². The number of nitrogens with zero attached hydrogens (tertiary/aromatic N) is 1. The molecule has 21 heavy (non-hydrogen) atoms. The summed E-state index contributed by atoms with van der Waals surface area (Å²) in [6.45, 7) is 4.34. The Bertz CT molecular complexity index is 647. The van der Waals surface area contributed by atoms with E-state index in [1.165, 1.54) is 11.6 Å². The Kier molecular flexibility index (Phi) is 4.78. The van der Waals surface area contributed by atoms with Crippen molar-refractivity contribution >= 4 is 5.69 Å². The van der Waals surface area contributed by atoms with E-state index in [0.717, 1.165) is 5.75 Å². The second-order valence-corrected chi connectivity index (χ2v) is 4.98. The summed E-state index contributed by atoms with van der Waals surface area (Å²) in [5, 5.41) is 11.7. The van der Waals surface area contributed by atoms with Crippen LogP contribution in [0.3, 0.4) is 0 Å². The molecule has 0 saturated carbocycles. The number of hydrogen-bond acceptors (Lipinski definition) is 3. The first kappa shape index (κ1) is 14.9. The molecular weight excluding hydrogens is 267 g/mol. The molecule has 1 unspecified atom stereocenters. The highest BCUT2D eigenvalue weighted by molar-refractivity contribution is 5.49. The third-order valence-corrected chi connectivity index (χ3v) is 3.02. The molecule has 4 heteroatoms. The minimum atomic E-state index is -0.434. The summed E-state index contributed by atoms with van der Waals surface area (Å²) in [6.07, 6.45) is 0. The first-order valence-corrected chi connectivity index (χ1v) is 6.74. The standard InChI is InChI=1S/C17H17FN2O/c1-12-3-6-15(7-4-12)21-11-13(2)20-17-8-5-14(10-19)9-16(17)18/h3-9,13,20H,11H2,1-2H3. The smallest absolute Gasteiger partial charge is 0.147 e. The van der Waals surface area contributed by atoms with Crippen molar-refractivity contribution in [3.05, 3.63) is 59.4 Å². The molecule has 1 atom stereocenters. The molecule has 0 amide bonds. The SMILES string of the molecule is Cc1ccc(OCC(C)Nc2ccc(C#N)cc2F)cc1. The van der Waals surface area contributed by atoms with Crippen molar-refractivity contribution in [2.24, 2.45) is 0 Å². The summed E-state index contributed by atoms with van der Waals surface area (Å²) >= 11 is 0. The van der Waals surface area contributed by atoms with Crippen LogP contribution in [0.25, 0.3) is 0 Å². The minimum Gasteiger partial charge on any atom is -0.491 e. The number of anilines is 1. The molecule has 0 bridgehead atoms. The largest absolute Gasteiger partial charge is 0.491 e. The van der Waals surface area contributed by atoms with Crippen LogP contribution in [0, 0.1) is 24.1 Å². The summed E-state index contributed by atoms with van der Waals surface area (Å²) in [4.78, 5) is 0. The predicted molar refractivity (Wildman–Crippen MR) is 80.9 cm³/mol. The van der Waals surface area contributed by atoms with Crippen molar-refractivity contribution in [3.8, 4) is 11.8 Å². The van der Waals surface area contributed by atoms with Gasteiger partial charge in [-0.2, -0.15) is 5.26 Å². The zero-order valence-electron chi connectivity index (χ0n) is 12.1. The van der Waals surface area contributed by atoms with E-state index in [0.29, 0.717) is 17.9 Å². The molecule has 2 aromatic carbocycles. The Morgan fingerprint density at radius 1 is 1.24 bits per heavy atom. The maximum Gasteiger partial charge on any atom is 0.147 e. The summed E-state index contributed by atoms with van der Waals surface area (Å²) in [5.74, 6) is 0.353. The Labute approximate surface area is 124 Å². The van der Waals surface area contributed by atoms with Gasteiger partial charge in [0.1, 0.15) is 18.2 Å². The number of ether oxygens (including phenoxy) is 1. The fourth-order valence-electron chi connectivity index (χ4n) is 1.86. The van der Waals surface area contributed by atoms with Gasteiger partial charge in [0.25, 0.3) is 0 Å². The molecular formula is C17H17FN2O. The molecule has 2 aromatic rings. The molecule has 0 spiro atoms. The van der Waals surface area contributed by atoms with Gasteiger partial charge in [0.15, 0.2) is 0 Å². The normalized spacial score (nSPS) is 11.5. The molecule has 1 N–H and O–H groups in total. The lowest BCUT2D eigenvalue weighted by atomic mass is 10.2. The van der Waals surface area contributed by atoms with Crippen molar-refractivity contribution in [2.45, 2.75) is 19.9 Å². The van der Waals surface area contributed by atoms with E-state index in [2.05, 4.69) is 5.32 Å². The quantitative estimate of drug-likeness (QED) is 0.906. The zero-order valence-corrected chi connectivity index (χ0v) is 12.1.